The molecular weight excluding hydrogens is 188 g/mol. The van der Waals surface area contributed by atoms with Crippen molar-refractivity contribution >= 4 is 5.91 Å². The summed E-state index contributed by atoms with van der Waals surface area (Å²) in [5, 5.41) is 2.86. The zero-order valence-electron chi connectivity index (χ0n) is 9.36. The van der Waals surface area contributed by atoms with E-state index < -0.39 is 0 Å². The molecule has 3 nitrogen and oxygen atoms in total. The topological polar surface area (TPSA) is 42.0 Å². The molecule has 1 N–H and O–H groups in total. The highest BCUT2D eigenvalue weighted by molar-refractivity contribution is 5.76. The van der Waals surface area contributed by atoms with Crippen molar-refractivity contribution in [2.75, 3.05) is 0 Å². The number of hydrogen-bond donors (Lipinski definition) is 1. The molecule has 1 atom stereocenters. The third-order valence-corrected chi connectivity index (χ3v) is 2.42. The molecule has 1 heterocycles. The van der Waals surface area contributed by atoms with E-state index in [2.05, 4.69) is 24.1 Å². The lowest BCUT2D eigenvalue weighted by Gasteiger charge is -2.08. The van der Waals surface area contributed by atoms with Crippen LogP contribution in [0.1, 0.15) is 32.4 Å². The van der Waals surface area contributed by atoms with Gasteiger partial charge < -0.3 is 5.32 Å². The minimum atomic E-state index is 0.106. The van der Waals surface area contributed by atoms with Gasteiger partial charge >= 0.3 is 0 Å². The van der Waals surface area contributed by atoms with E-state index in [4.69, 9.17) is 0 Å². The number of aromatic nitrogens is 1. The Kier molecular flexibility index (Phi) is 4.81. The average Bonchev–Trinajstić information content (AvgIpc) is 2.27. The number of nitrogens with one attached hydrogen (secondary N) is 1. The van der Waals surface area contributed by atoms with Gasteiger partial charge in [-0.2, -0.15) is 0 Å². The number of amides is 1. The molecule has 1 rings (SSSR count). The summed E-state index contributed by atoms with van der Waals surface area (Å²) in [7, 11) is 0. The molecule has 0 aliphatic heterocycles. The predicted molar refractivity (Wildman–Crippen MR) is 60.2 cm³/mol. The maximum absolute atomic E-state index is 11.4. The molecule has 0 aliphatic rings. The van der Waals surface area contributed by atoms with E-state index in [1.807, 2.05) is 18.2 Å². The minimum Gasteiger partial charge on any atom is -0.350 e. The van der Waals surface area contributed by atoms with Crippen LogP contribution in [-0.4, -0.2) is 10.9 Å². The first kappa shape index (κ1) is 11.7. The highest BCUT2D eigenvalue weighted by Crippen LogP contribution is 2.05. The van der Waals surface area contributed by atoms with Gasteiger partial charge in [-0.3, -0.25) is 9.78 Å². The van der Waals surface area contributed by atoms with Gasteiger partial charge in [0.05, 0.1) is 12.2 Å². The Bertz CT molecular complexity index is 298. The van der Waals surface area contributed by atoms with Gasteiger partial charge in [0.1, 0.15) is 0 Å². The van der Waals surface area contributed by atoms with Crippen molar-refractivity contribution in [1.82, 2.24) is 10.3 Å². The fraction of sp³-hybridized carbons (Fsp3) is 0.500. The van der Waals surface area contributed by atoms with Gasteiger partial charge in [0, 0.05) is 12.6 Å². The number of hydrogen-bond acceptors (Lipinski definition) is 2. The molecule has 0 bridgehead atoms. The second-order valence-electron chi connectivity index (χ2n) is 3.82. The van der Waals surface area contributed by atoms with Crippen LogP contribution >= 0.6 is 0 Å². The Hall–Kier alpha value is -1.38. The van der Waals surface area contributed by atoms with Crippen molar-refractivity contribution < 1.29 is 4.79 Å². The highest BCUT2D eigenvalue weighted by Gasteiger charge is 2.06. The first-order chi connectivity index (χ1) is 7.22. The Morgan fingerprint density at radius 1 is 1.53 bits per heavy atom. The summed E-state index contributed by atoms with van der Waals surface area (Å²) in [4.78, 5) is 15.6. The molecule has 1 amide bonds. The number of rotatable bonds is 5. The molecule has 1 aromatic rings. The molecular formula is C12H18N2O. The molecule has 0 saturated carbocycles. The van der Waals surface area contributed by atoms with Gasteiger partial charge in [0.2, 0.25) is 5.91 Å². The normalized spacial score (nSPS) is 12.1. The van der Waals surface area contributed by atoms with Crippen molar-refractivity contribution in [3.63, 3.8) is 0 Å². The fourth-order valence-corrected chi connectivity index (χ4v) is 1.22. The summed E-state index contributed by atoms with van der Waals surface area (Å²) in [5.41, 5.74) is 0.898. The van der Waals surface area contributed by atoms with Crippen LogP contribution in [0.15, 0.2) is 24.4 Å². The Morgan fingerprint density at radius 2 is 2.33 bits per heavy atom. The molecule has 0 spiro atoms. The molecule has 1 unspecified atom stereocenters. The Balaban J connectivity index is 2.29. The standard InChI is InChI=1S/C12H18N2O/c1-3-10(2)8-12(15)14-9-11-6-4-5-7-13-11/h4-7,10H,3,8-9H2,1-2H3,(H,14,15). The van der Waals surface area contributed by atoms with Crippen molar-refractivity contribution in [1.29, 1.82) is 0 Å². The SMILES string of the molecule is CCC(C)CC(=O)NCc1ccccn1. The summed E-state index contributed by atoms with van der Waals surface area (Å²) >= 11 is 0. The fourth-order valence-electron chi connectivity index (χ4n) is 1.22. The summed E-state index contributed by atoms with van der Waals surface area (Å²) in [6.07, 6.45) is 3.37. The van der Waals surface area contributed by atoms with Crippen LogP contribution in [0.2, 0.25) is 0 Å². The Labute approximate surface area is 90.9 Å². The molecule has 3 heteroatoms. The Morgan fingerprint density at radius 3 is 2.93 bits per heavy atom. The second kappa shape index (κ2) is 6.17. The number of carbonyl (C=O) groups is 1. The number of nitrogens with zero attached hydrogens (tertiary/aromatic N) is 1. The van der Waals surface area contributed by atoms with Crippen LogP contribution in [0.4, 0.5) is 0 Å². The van der Waals surface area contributed by atoms with Gasteiger partial charge in [-0.25, -0.2) is 0 Å². The van der Waals surface area contributed by atoms with Gasteiger partial charge in [-0.1, -0.05) is 26.3 Å². The average molecular weight is 206 g/mol. The quantitative estimate of drug-likeness (QED) is 0.802. The van der Waals surface area contributed by atoms with E-state index in [9.17, 15) is 4.79 Å². The lowest BCUT2D eigenvalue weighted by molar-refractivity contribution is -0.122. The van der Waals surface area contributed by atoms with E-state index >= 15 is 0 Å². The van der Waals surface area contributed by atoms with Crippen LogP contribution in [0.3, 0.4) is 0 Å². The summed E-state index contributed by atoms with van der Waals surface area (Å²) in [6, 6.07) is 5.69. The van der Waals surface area contributed by atoms with Crippen molar-refractivity contribution in [2.24, 2.45) is 5.92 Å². The third kappa shape index (κ3) is 4.58. The molecule has 0 radical (unpaired) electrons. The lowest BCUT2D eigenvalue weighted by Crippen LogP contribution is -2.24. The third-order valence-electron chi connectivity index (χ3n) is 2.42. The number of pyridine rings is 1. The van der Waals surface area contributed by atoms with Gasteiger partial charge in [-0.05, 0) is 18.1 Å². The summed E-state index contributed by atoms with van der Waals surface area (Å²) in [5.74, 6) is 0.559. The van der Waals surface area contributed by atoms with E-state index in [1.165, 1.54) is 0 Å². The number of carbonyl (C=O) groups excluding carboxylic acids is 1. The molecule has 15 heavy (non-hydrogen) atoms. The lowest BCUT2D eigenvalue weighted by atomic mass is 10.1. The van der Waals surface area contributed by atoms with Gasteiger partial charge in [0.25, 0.3) is 0 Å². The van der Waals surface area contributed by atoms with Gasteiger partial charge in [-0.15, -0.1) is 0 Å². The first-order valence-electron chi connectivity index (χ1n) is 5.39. The summed E-state index contributed by atoms with van der Waals surface area (Å²) < 4.78 is 0. The first-order valence-corrected chi connectivity index (χ1v) is 5.39. The van der Waals surface area contributed by atoms with Crippen LogP contribution < -0.4 is 5.32 Å². The van der Waals surface area contributed by atoms with E-state index in [0.717, 1.165) is 12.1 Å². The molecule has 0 aromatic carbocycles. The van der Waals surface area contributed by atoms with Crippen LogP contribution in [0.25, 0.3) is 0 Å². The zero-order chi connectivity index (χ0) is 11.1. The second-order valence-corrected chi connectivity index (χ2v) is 3.82. The monoisotopic (exact) mass is 206 g/mol. The molecule has 0 aliphatic carbocycles. The molecule has 82 valence electrons. The van der Waals surface area contributed by atoms with E-state index in [-0.39, 0.29) is 5.91 Å². The van der Waals surface area contributed by atoms with Crippen molar-refractivity contribution in [3.05, 3.63) is 30.1 Å². The smallest absolute Gasteiger partial charge is 0.220 e. The predicted octanol–water partition coefficient (Wildman–Crippen LogP) is 2.13. The highest BCUT2D eigenvalue weighted by atomic mass is 16.1. The largest absolute Gasteiger partial charge is 0.350 e. The van der Waals surface area contributed by atoms with Crippen LogP contribution in [0, 0.1) is 5.92 Å². The molecule has 0 saturated heterocycles. The maximum Gasteiger partial charge on any atom is 0.220 e. The minimum absolute atomic E-state index is 0.106. The van der Waals surface area contributed by atoms with Crippen LogP contribution in [0.5, 0.6) is 0 Å². The van der Waals surface area contributed by atoms with Crippen molar-refractivity contribution in [2.45, 2.75) is 33.2 Å². The van der Waals surface area contributed by atoms with Crippen molar-refractivity contribution in [3.8, 4) is 0 Å². The maximum atomic E-state index is 11.4. The zero-order valence-corrected chi connectivity index (χ0v) is 9.36. The molecule has 0 fully saturated rings. The van der Waals surface area contributed by atoms with Crippen LogP contribution in [-0.2, 0) is 11.3 Å². The molecule has 1 aromatic heterocycles. The van der Waals surface area contributed by atoms with E-state index in [1.54, 1.807) is 6.20 Å². The van der Waals surface area contributed by atoms with Gasteiger partial charge in [0.15, 0.2) is 0 Å². The van der Waals surface area contributed by atoms with E-state index in [0.29, 0.717) is 18.9 Å². The summed E-state index contributed by atoms with van der Waals surface area (Å²) in [6.45, 7) is 4.70.